The number of ether oxygens (including phenoxy) is 1. The fourth-order valence-electron chi connectivity index (χ4n) is 1.94. The van der Waals surface area contributed by atoms with Crippen LogP contribution in [0.3, 0.4) is 0 Å². The van der Waals surface area contributed by atoms with Crippen molar-refractivity contribution in [3.63, 3.8) is 0 Å². The molecule has 4 nitrogen and oxygen atoms in total. The van der Waals surface area contributed by atoms with Crippen molar-refractivity contribution >= 4 is 18.3 Å². The van der Waals surface area contributed by atoms with E-state index in [2.05, 4.69) is 38.2 Å². The zero-order valence-corrected chi connectivity index (χ0v) is 15.0. The van der Waals surface area contributed by atoms with Gasteiger partial charge in [-0.25, -0.2) is 0 Å². The molecule has 2 unspecified atom stereocenters. The Balaban J connectivity index is 0.00000441. The molecular weight excluding hydrogens is 300 g/mol. The van der Waals surface area contributed by atoms with Crippen LogP contribution in [0.2, 0.25) is 0 Å². The van der Waals surface area contributed by atoms with Gasteiger partial charge in [-0.1, -0.05) is 32.9 Å². The van der Waals surface area contributed by atoms with E-state index < -0.39 is 0 Å². The molecule has 0 aliphatic rings. The van der Waals surface area contributed by atoms with E-state index >= 15 is 0 Å². The molecule has 126 valence electrons. The third-order valence-electron chi connectivity index (χ3n) is 3.14. The van der Waals surface area contributed by atoms with Gasteiger partial charge in [0.05, 0.1) is 6.04 Å². The van der Waals surface area contributed by atoms with Crippen molar-refractivity contribution < 1.29 is 9.53 Å². The molecule has 2 atom stereocenters. The summed E-state index contributed by atoms with van der Waals surface area (Å²) in [5.41, 5.74) is 7.00. The predicted molar refractivity (Wildman–Crippen MR) is 93.8 cm³/mol. The molecule has 1 aromatic rings. The molecule has 0 aliphatic carbocycles. The normalized spacial score (nSPS) is 13.7. The second-order valence-electron chi connectivity index (χ2n) is 6.74. The van der Waals surface area contributed by atoms with Crippen molar-refractivity contribution in [2.45, 2.75) is 58.5 Å². The summed E-state index contributed by atoms with van der Waals surface area (Å²) in [6.45, 7) is 10.7. The number of benzene rings is 1. The lowest BCUT2D eigenvalue weighted by Crippen LogP contribution is -2.39. The highest BCUT2D eigenvalue weighted by molar-refractivity contribution is 5.85. The van der Waals surface area contributed by atoms with Crippen LogP contribution >= 0.6 is 12.4 Å². The van der Waals surface area contributed by atoms with Gasteiger partial charge in [0.2, 0.25) is 5.91 Å². The molecule has 0 fully saturated rings. The van der Waals surface area contributed by atoms with Gasteiger partial charge in [0.1, 0.15) is 12.4 Å². The van der Waals surface area contributed by atoms with Crippen LogP contribution in [0.15, 0.2) is 24.3 Å². The van der Waals surface area contributed by atoms with Gasteiger partial charge < -0.3 is 15.8 Å². The maximum atomic E-state index is 11.6. The van der Waals surface area contributed by atoms with Crippen LogP contribution in [0.4, 0.5) is 0 Å². The third kappa shape index (κ3) is 7.66. The van der Waals surface area contributed by atoms with Crippen molar-refractivity contribution in [1.82, 2.24) is 5.32 Å². The first-order valence-corrected chi connectivity index (χ1v) is 7.47. The first-order chi connectivity index (χ1) is 9.68. The van der Waals surface area contributed by atoms with Gasteiger partial charge in [0.25, 0.3) is 0 Å². The topological polar surface area (TPSA) is 64.4 Å². The molecule has 5 heteroatoms. The zero-order chi connectivity index (χ0) is 16.0. The van der Waals surface area contributed by atoms with Crippen LogP contribution in [0, 0.1) is 0 Å². The number of carbonyl (C=O) groups excluding carboxylic acids is 1. The highest BCUT2D eigenvalue weighted by atomic mass is 35.5. The Morgan fingerprint density at radius 1 is 1.23 bits per heavy atom. The van der Waals surface area contributed by atoms with Crippen molar-refractivity contribution in [2.24, 2.45) is 5.73 Å². The van der Waals surface area contributed by atoms with E-state index in [1.165, 1.54) is 5.56 Å². The number of halogens is 1. The average Bonchev–Trinajstić information content (AvgIpc) is 2.34. The van der Waals surface area contributed by atoms with E-state index in [0.29, 0.717) is 13.0 Å². The van der Waals surface area contributed by atoms with Crippen molar-refractivity contribution in [3.8, 4) is 5.75 Å². The number of rotatable bonds is 6. The molecular formula is C17H29ClN2O2. The minimum atomic E-state index is -0.122. The molecule has 0 heterocycles. The molecule has 1 amide bonds. The molecule has 1 rings (SSSR count). The van der Waals surface area contributed by atoms with Gasteiger partial charge in [0, 0.05) is 12.5 Å². The van der Waals surface area contributed by atoms with Crippen LogP contribution in [-0.4, -0.2) is 24.6 Å². The standard InChI is InChI=1S/C17H28N2O2.ClH/c1-12(18)10-16(20)19-13(2)11-21-15-8-6-14(7-9-15)17(3,4)5;/h6-9,12-13H,10-11,18H2,1-5H3,(H,19,20);1H. The van der Waals surface area contributed by atoms with E-state index in [9.17, 15) is 4.79 Å². The monoisotopic (exact) mass is 328 g/mol. The lowest BCUT2D eigenvalue weighted by Gasteiger charge is -2.20. The SMILES string of the molecule is CC(N)CC(=O)NC(C)COc1ccc(C(C)(C)C)cc1.Cl. The van der Waals surface area contributed by atoms with Gasteiger partial charge in [-0.2, -0.15) is 0 Å². The second kappa shape index (κ2) is 9.01. The summed E-state index contributed by atoms with van der Waals surface area (Å²) < 4.78 is 5.70. The van der Waals surface area contributed by atoms with Crippen molar-refractivity contribution in [2.75, 3.05) is 6.61 Å². The maximum Gasteiger partial charge on any atom is 0.221 e. The Bertz CT molecular complexity index is 453. The Morgan fingerprint density at radius 3 is 2.23 bits per heavy atom. The number of nitrogens with one attached hydrogen (secondary N) is 1. The molecule has 0 saturated carbocycles. The minimum Gasteiger partial charge on any atom is -0.491 e. The summed E-state index contributed by atoms with van der Waals surface area (Å²) in [5, 5.41) is 2.87. The quantitative estimate of drug-likeness (QED) is 0.843. The zero-order valence-electron chi connectivity index (χ0n) is 14.2. The summed E-state index contributed by atoms with van der Waals surface area (Å²) in [5.74, 6) is 0.778. The Labute approximate surface area is 140 Å². The molecule has 22 heavy (non-hydrogen) atoms. The molecule has 0 aromatic heterocycles. The van der Waals surface area contributed by atoms with Gasteiger partial charge in [0.15, 0.2) is 0 Å². The summed E-state index contributed by atoms with van der Waals surface area (Å²) >= 11 is 0. The van der Waals surface area contributed by atoms with Gasteiger partial charge in [-0.15, -0.1) is 12.4 Å². The fraction of sp³-hybridized carbons (Fsp3) is 0.588. The van der Waals surface area contributed by atoms with E-state index in [-0.39, 0.29) is 35.8 Å². The summed E-state index contributed by atoms with van der Waals surface area (Å²) in [6, 6.07) is 7.93. The smallest absolute Gasteiger partial charge is 0.221 e. The van der Waals surface area contributed by atoms with Gasteiger partial charge in [-0.3, -0.25) is 4.79 Å². The highest BCUT2D eigenvalue weighted by Crippen LogP contribution is 2.24. The predicted octanol–water partition coefficient (Wildman–Crippen LogP) is 3.03. The van der Waals surface area contributed by atoms with Gasteiger partial charge >= 0.3 is 0 Å². The van der Waals surface area contributed by atoms with E-state index in [0.717, 1.165) is 5.75 Å². The maximum absolute atomic E-state index is 11.6. The van der Waals surface area contributed by atoms with E-state index in [1.54, 1.807) is 0 Å². The molecule has 0 radical (unpaired) electrons. The lowest BCUT2D eigenvalue weighted by molar-refractivity contribution is -0.122. The first-order valence-electron chi connectivity index (χ1n) is 7.47. The number of hydrogen-bond acceptors (Lipinski definition) is 3. The third-order valence-corrected chi connectivity index (χ3v) is 3.14. The largest absolute Gasteiger partial charge is 0.491 e. The Hall–Kier alpha value is -1.26. The van der Waals surface area contributed by atoms with E-state index in [4.69, 9.17) is 10.5 Å². The molecule has 3 N–H and O–H groups in total. The fourth-order valence-corrected chi connectivity index (χ4v) is 1.94. The van der Waals surface area contributed by atoms with Crippen LogP contribution in [0.25, 0.3) is 0 Å². The van der Waals surface area contributed by atoms with Crippen molar-refractivity contribution in [1.29, 1.82) is 0 Å². The summed E-state index contributed by atoms with van der Waals surface area (Å²) in [7, 11) is 0. The van der Waals surface area contributed by atoms with Crippen LogP contribution in [0.5, 0.6) is 5.75 Å². The molecule has 0 aliphatic heterocycles. The minimum absolute atomic E-state index is 0. The number of amides is 1. The molecule has 0 saturated heterocycles. The first kappa shape index (κ1) is 20.7. The molecule has 1 aromatic carbocycles. The summed E-state index contributed by atoms with van der Waals surface area (Å²) in [6.07, 6.45) is 0.338. The number of nitrogens with two attached hydrogens (primary N) is 1. The Morgan fingerprint density at radius 2 is 1.77 bits per heavy atom. The van der Waals surface area contributed by atoms with Crippen LogP contribution < -0.4 is 15.8 Å². The number of carbonyl (C=O) groups is 1. The van der Waals surface area contributed by atoms with Gasteiger partial charge in [-0.05, 0) is 37.0 Å². The van der Waals surface area contributed by atoms with Crippen LogP contribution in [-0.2, 0) is 10.2 Å². The highest BCUT2D eigenvalue weighted by Gasteiger charge is 2.13. The number of hydrogen-bond donors (Lipinski definition) is 2. The second-order valence-corrected chi connectivity index (χ2v) is 6.74. The van der Waals surface area contributed by atoms with Crippen LogP contribution in [0.1, 0.15) is 46.6 Å². The summed E-state index contributed by atoms with van der Waals surface area (Å²) in [4.78, 5) is 11.6. The lowest BCUT2D eigenvalue weighted by atomic mass is 9.87. The molecule has 0 bridgehead atoms. The Kier molecular flexibility index (Phi) is 8.49. The van der Waals surface area contributed by atoms with E-state index in [1.807, 2.05) is 26.0 Å². The average molecular weight is 329 g/mol. The molecule has 0 spiro atoms. The van der Waals surface area contributed by atoms with Crippen molar-refractivity contribution in [3.05, 3.63) is 29.8 Å².